The van der Waals surface area contributed by atoms with Crippen molar-refractivity contribution in [2.45, 2.75) is 26.3 Å². The summed E-state index contributed by atoms with van der Waals surface area (Å²) >= 11 is 0. The Morgan fingerprint density at radius 3 is 2.57 bits per heavy atom. The topological polar surface area (TPSA) is 29.1 Å². The van der Waals surface area contributed by atoms with E-state index in [1.807, 2.05) is 37.3 Å². The van der Waals surface area contributed by atoms with Gasteiger partial charge in [0.2, 0.25) is 5.91 Å². The largest absolute Gasteiger partial charge is 2.00 e. The molecule has 0 saturated heterocycles. The van der Waals surface area contributed by atoms with Crippen molar-refractivity contribution in [2.24, 2.45) is 0 Å². The fraction of sp³-hybridized carbons (Fsp3) is 0.364. The monoisotopic (exact) mass is 203 g/mol. The predicted molar refractivity (Wildman–Crippen MR) is 61.2 cm³/mol. The van der Waals surface area contributed by atoms with Crippen LogP contribution >= 0.6 is 0 Å². The van der Waals surface area contributed by atoms with Crippen molar-refractivity contribution < 1.29 is 7.65 Å². The molecule has 0 bridgehead atoms. The average Bonchev–Trinajstić information content (AvgIpc) is 2.17. The third-order valence-electron chi connectivity index (χ3n) is 1.81. The van der Waals surface area contributed by atoms with Crippen LogP contribution in [0.5, 0.6) is 0 Å². The van der Waals surface area contributed by atoms with Crippen LogP contribution in [-0.2, 0) is 11.3 Å². The van der Waals surface area contributed by atoms with Gasteiger partial charge in [-0.3, -0.25) is 4.79 Å². The molecule has 1 aromatic rings. The van der Waals surface area contributed by atoms with Crippen LogP contribution < -0.4 is 5.32 Å². The van der Waals surface area contributed by atoms with E-state index in [4.69, 9.17) is 0 Å². The Kier molecular flexibility index (Phi) is 7.52. The van der Waals surface area contributed by atoms with Crippen molar-refractivity contribution in [1.29, 1.82) is 0 Å². The molecule has 1 amide bonds. The molecule has 0 aliphatic carbocycles. The number of carbonyl (C=O) groups excluding carboxylic acids is 1. The summed E-state index contributed by atoms with van der Waals surface area (Å²) in [6.07, 6.45) is 1.52. The standard InChI is InChI=1S/C11H15NO.Mg.2H/c1-2-6-11(13)12-9-10-7-4-3-5-8-10;;;/h3-5,7-8H,2,6,9H2,1H3,(H,12,13);;;/q;+2;2*-1. The van der Waals surface area contributed by atoms with Crippen molar-refractivity contribution in [3.05, 3.63) is 35.9 Å². The molecule has 0 unspecified atom stereocenters. The molecule has 0 aliphatic rings. The molecule has 0 atom stereocenters. The maximum Gasteiger partial charge on any atom is 2.00 e. The van der Waals surface area contributed by atoms with Gasteiger partial charge in [0.05, 0.1) is 0 Å². The zero-order chi connectivity index (χ0) is 9.52. The number of hydrogen-bond acceptors (Lipinski definition) is 1. The van der Waals surface area contributed by atoms with Crippen molar-refractivity contribution in [3.63, 3.8) is 0 Å². The number of amides is 1. The second-order valence-corrected chi connectivity index (χ2v) is 3.01. The third kappa shape index (κ3) is 5.24. The number of carbonyl (C=O) groups is 1. The van der Waals surface area contributed by atoms with E-state index in [0.717, 1.165) is 12.0 Å². The molecule has 1 aromatic carbocycles. The van der Waals surface area contributed by atoms with E-state index in [-0.39, 0.29) is 31.8 Å². The molecule has 74 valence electrons. The summed E-state index contributed by atoms with van der Waals surface area (Å²) in [6.45, 7) is 2.64. The van der Waals surface area contributed by atoms with E-state index in [2.05, 4.69) is 5.32 Å². The van der Waals surface area contributed by atoms with Gasteiger partial charge in [-0.15, -0.1) is 0 Å². The molecule has 0 fully saturated rings. The van der Waals surface area contributed by atoms with Crippen LogP contribution in [0.25, 0.3) is 0 Å². The van der Waals surface area contributed by atoms with Gasteiger partial charge < -0.3 is 8.17 Å². The summed E-state index contributed by atoms with van der Waals surface area (Å²) in [7, 11) is 0. The van der Waals surface area contributed by atoms with Crippen molar-refractivity contribution >= 4 is 29.0 Å². The third-order valence-corrected chi connectivity index (χ3v) is 1.81. The minimum absolute atomic E-state index is 0. The first-order chi connectivity index (χ1) is 6.33. The smallest absolute Gasteiger partial charge is 1.00 e. The number of nitrogens with one attached hydrogen (secondary N) is 1. The van der Waals surface area contributed by atoms with Crippen LogP contribution in [0.4, 0.5) is 0 Å². The average molecular weight is 204 g/mol. The second kappa shape index (κ2) is 7.82. The van der Waals surface area contributed by atoms with E-state index in [1.165, 1.54) is 0 Å². The summed E-state index contributed by atoms with van der Waals surface area (Å²) in [5.41, 5.74) is 1.15. The quantitative estimate of drug-likeness (QED) is 0.745. The van der Waals surface area contributed by atoms with Gasteiger partial charge in [0, 0.05) is 13.0 Å². The van der Waals surface area contributed by atoms with Crippen LogP contribution in [0.1, 0.15) is 28.2 Å². The fourth-order valence-corrected chi connectivity index (χ4v) is 1.11. The normalized spacial score (nSPS) is 8.93. The minimum Gasteiger partial charge on any atom is -1.00 e. The van der Waals surface area contributed by atoms with Gasteiger partial charge in [-0.2, -0.15) is 0 Å². The van der Waals surface area contributed by atoms with Gasteiger partial charge in [-0.1, -0.05) is 37.3 Å². The Hall–Kier alpha value is -0.544. The summed E-state index contributed by atoms with van der Waals surface area (Å²) < 4.78 is 0. The molecule has 1 N–H and O–H groups in total. The molecule has 1 rings (SSSR count). The molecule has 0 saturated carbocycles. The van der Waals surface area contributed by atoms with Crippen LogP contribution in [-0.4, -0.2) is 29.0 Å². The second-order valence-electron chi connectivity index (χ2n) is 3.01. The molecule has 3 heteroatoms. The molecule has 0 spiro atoms. The molecule has 0 aliphatic heterocycles. The molecular formula is C11H17MgNO. The Bertz CT molecular complexity index is 270. The first-order valence-corrected chi connectivity index (χ1v) is 4.63. The molecule has 0 aromatic heterocycles. The maximum absolute atomic E-state index is 11.1. The van der Waals surface area contributed by atoms with Gasteiger partial charge in [0.25, 0.3) is 0 Å². The maximum atomic E-state index is 11.1. The molecule has 0 radical (unpaired) electrons. The molecule has 2 nitrogen and oxygen atoms in total. The molecule has 14 heavy (non-hydrogen) atoms. The van der Waals surface area contributed by atoms with E-state index in [0.29, 0.717) is 13.0 Å². The molecular weight excluding hydrogens is 186 g/mol. The van der Waals surface area contributed by atoms with Gasteiger partial charge in [-0.25, -0.2) is 0 Å². The predicted octanol–water partition coefficient (Wildman–Crippen LogP) is 1.95. The van der Waals surface area contributed by atoms with E-state index >= 15 is 0 Å². The summed E-state index contributed by atoms with van der Waals surface area (Å²) in [4.78, 5) is 11.1. The van der Waals surface area contributed by atoms with E-state index in [1.54, 1.807) is 0 Å². The van der Waals surface area contributed by atoms with Gasteiger partial charge in [0.1, 0.15) is 0 Å². The molecule has 0 heterocycles. The SMILES string of the molecule is CCCC(=O)NCc1ccccc1.[H-].[H-].[Mg+2]. The van der Waals surface area contributed by atoms with E-state index < -0.39 is 0 Å². The number of rotatable bonds is 4. The minimum atomic E-state index is 0. The van der Waals surface area contributed by atoms with Crippen molar-refractivity contribution in [3.8, 4) is 0 Å². The summed E-state index contributed by atoms with van der Waals surface area (Å²) in [5, 5.41) is 2.86. The van der Waals surface area contributed by atoms with Crippen LogP contribution in [0.2, 0.25) is 0 Å². The fourth-order valence-electron chi connectivity index (χ4n) is 1.11. The Labute approximate surface area is 104 Å². The van der Waals surface area contributed by atoms with Crippen LogP contribution in [0, 0.1) is 0 Å². The summed E-state index contributed by atoms with van der Waals surface area (Å²) in [5.74, 6) is 0.131. The zero-order valence-electron chi connectivity index (χ0n) is 10.6. The van der Waals surface area contributed by atoms with Crippen molar-refractivity contribution in [1.82, 2.24) is 5.32 Å². The van der Waals surface area contributed by atoms with Gasteiger partial charge in [-0.05, 0) is 12.0 Å². The first-order valence-electron chi connectivity index (χ1n) is 4.63. The Morgan fingerprint density at radius 2 is 2.00 bits per heavy atom. The first kappa shape index (κ1) is 13.5. The van der Waals surface area contributed by atoms with E-state index in [9.17, 15) is 4.79 Å². The number of benzene rings is 1. The Balaban J connectivity index is -0.000000563. The summed E-state index contributed by atoms with van der Waals surface area (Å²) in [6, 6.07) is 9.93. The zero-order valence-corrected chi connectivity index (χ0v) is 10.0. The van der Waals surface area contributed by atoms with Crippen LogP contribution in [0.15, 0.2) is 30.3 Å². The number of hydrogen-bond donors (Lipinski definition) is 1. The van der Waals surface area contributed by atoms with Crippen LogP contribution in [0.3, 0.4) is 0 Å². The van der Waals surface area contributed by atoms with Gasteiger partial charge >= 0.3 is 23.1 Å². The van der Waals surface area contributed by atoms with Gasteiger partial charge in [0.15, 0.2) is 0 Å². The van der Waals surface area contributed by atoms with Crippen molar-refractivity contribution in [2.75, 3.05) is 0 Å². The Morgan fingerprint density at radius 1 is 1.36 bits per heavy atom.